The van der Waals surface area contributed by atoms with E-state index in [1.165, 1.54) is 0 Å². The molecule has 238 valence electrons. The van der Waals surface area contributed by atoms with Gasteiger partial charge < -0.3 is 33.7 Å². The summed E-state index contributed by atoms with van der Waals surface area (Å²) >= 11 is 0. The van der Waals surface area contributed by atoms with Crippen LogP contribution in [-0.2, 0) is 48.2 Å². The number of carbonyl (C=O) groups excluding carboxylic acids is 1. The van der Waals surface area contributed by atoms with Crippen molar-refractivity contribution in [3.8, 4) is 0 Å². The average molecular weight is 614 g/mol. The second kappa shape index (κ2) is 18.7. The molecule has 1 amide bonds. The maximum atomic E-state index is 13.3. The molecule has 0 saturated heterocycles. The zero-order valence-corrected chi connectivity index (χ0v) is 25.6. The zero-order valence-electron chi connectivity index (χ0n) is 25.6. The monoisotopic (exact) mass is 613 g/mol. The van der Waals surface area contributed by atoms with E-state index < -0.39 is 42.7 Å². The lowest BCUT2D eigenvalue weighted by molar-refractivity contribution is -0.248. The Morgan fingerprint density at radius 2 is 0.889 bits per heavy atom. The molecule has 4 rings (SSSR count). The molecule has 1 saturated carbocycles. The molecule has 6 atom stereocenters. The van der Waals surface area contributed by atoms with Crippen molar-refractivity contribution in [1.29, 1.82) is 0 Å². The maximum Gasteiger partial charge on any atom is 0.407 e. The Labute approximate surface area is 266 Å². The third kappa shape index (κ3) is 10.2. The van der Waals surface area contributed by atoms with Crippen LogP contribution in [0.4, 0.5) is 4.79 Å². The van der Waals surface area contributed by atoms with Gasteiger partial charge in [-0.15, -0.1) is 19.7 Å². The van der Waals surface area contributed by atoms with Gasteiger partial charge in [0, 0.05) is 0 Å². The fourth-order valence-electron chi connectivity index (χ4n) is 5.26. The molecule has 0 heterocycles. The predicted molar refractivity (Wildman–Crippen MR) is 173 cm³/mol. The van der Waals surface area contributed by atoms with Crippen LogP contribution < -0.4 is 5.32 Å². The molecule has 1 aliphatic rings. The highest BCUT2D eigenvalue weighted by Gasteiger charge is 2.55. The van der Waals surface area contributed by atoms with E-state index in [9.17, 15) is 4.79 Å². The van der Waals surface area contributed by atoms with Crippen LogP contribution in [0.1, 0.15) is 16.7 Å². The van der Waals surface area contributed by atoms with Gasteiger partial charge in [0.05, 0.1) is 39.1 Å². The summed E-state index contributed by atoms with van der Waals surface area (Å²) in [5.74, 6) is 0. The molecule has 8 heteroatoms. The topological polar surface area (TPSA) is 84.5 Å². The van der Waals surface area contributed by atoms with Gasteiger partial charge in [-0.05, 0) is 16.7 Å². The first-order valence-corrected chi connectivity index (χ1v) is 15.1. The second-order valence-electron chi connectivity index (χ2n) is 10.5. The smallest absolute Gasteiger partial charge is 0.407 e. The number of ether oxygens (including phenoxy) is 6. The lowest BCUT2D eigenvalue weighted by Crippen LogP contribution is -2.71. The van der Waals surface area contributed by atoms with Crippen LogP contribution in [0.5, 0.6) is 0 Å². The van der Waals surface area contributed by atoms with Crippen LogP contribution in [0.2, 0.25) is 0 Å². The average Bonchev–Trinajstić information content (AvgIpc) is 3.08. The lowest BCUT2D eigenvalue weighted by Gasteiger charge is -2.49. The molecular formula is C37H43NO7. The van der Waals surface area contributed by atoms with Gasteiger partial charge in [0.2, 0.25) is 0 Å². The maximum absolute atomic E-state index is 13.3. The first-order valence-electron chi connectivity index (χ1n) is 15.1. The molecule has 0 aromatic heterocycles. The largest absolute Gasteiger partial charge is 0.445 e. The normalized spacial score (nSPS) is 22.7. The van der Waals surface area contributed by atoms with Crippen molar-refractivity contribution >= 4 is 6.09 Å². The summed E-state index contributed by atoms with van der Waals surface area (Å²) in [6.45, 7) is 12.8. The number of nitrogens with one attached hydrogen (secondary N) is 1. The van der Waals surface area contributed by atoms with Crippen molar-refractivity contribution in [2.45, 2.75) is 56.4 Å². The van der Waals surface area contributed by atoms with Gasteiger partial charge >= 0.3 is 6.09 Å². The number of carbonyl (C=O) groups is 1. The fraction of sp³-hybridized carbons (Fsp3) is 0.324. The Morgan fingerprint density at radius 3 is 1.31 bits per heavy atom. The molecule has 3 aromatic rings. The van der Waals surface area contributed by atoms with E-state index in [-0.39, 0.29) is 33.0 Å². The van der Waals surface area contributed by atoms with Crippen LogP contribution in [0.25, 0.3) is 0 Å². The quantitative estimate of drug-likeness (QED) is 0.172. The molecule has 0 spiro atoms. The Morgan fingerprint density at radius 1 is 0.533 bits per heavy atom. The van der Waals surface area contributed by atoms with Crippen molar-refractivity contribution in [3.05, 3.63) is 146 Å². The zero-order chi connectivity index (χ0) is 31.7. The minimum Gasteiger partial charge on any atom is -0.445 e. The number of amides is 1. The third-order valence-electron chi connectivity index (χ3n) is 7.29. The van der Waals surface area contributed by atoms with Gasteiger partial charge in [-0.2, -0.15) is 0 Å². The third-order valence-corrected chi connectivity index (χ3v) is 7.29. The summed E-state index contributed by atoms with van der Waals surface area (Å²) in [6, 6.07) is 28.4. The Balaban J connectivity index is 1.69. The van der Waals surface area contributed by atoms with Gasteiger partial charge in [-0.1, -0.05) is 109 Å². The summed E-state index contributed by atoms with van der Waals surface area (Å²) in [4.78, 5) is 13.3. The molecule has 3 aromatic carbocycles. The van der Waals surface area contributed by atoms with Gasteiger partial charge in [0.15, 0.2) is 0 Å². The molecule has 1 fully saturated rings. The summed E-state index contributed by atoms with van der Waals surface area (Å²) in [5, 5.41) is 3.01. The molecular weight excluding hydrogens is 570 g/mol. The van der Waals surface area contributed by atoms with Gasteiger partial charge in [0.25, 0.3) is 0 Å². The highest BCUT2D eigenvalue weighted by atomic mass is 16.6. The van der Waals surface area contributed by atoms with E-state index in [4.69, 9.17) is 28.4 Å². The number of alkyl carbamates (subject to hydrolysis) is 1. The highest BCUT2D eigenvalue weighted by Crippen LogP contribution is 2.33. The molecule has 0 radical (unpaired) electrons. The Bertz CT molecular complexity index is 1300. The van der Waals surface area contributed by atoms with Crippen molar-refractivity contribution in [2.24, 2.45) is 0 Å². The molecule has 45 heavy (non-hydrogen) atoms. The van der Waals surface area contributed by atoms with E-state index >= 15 is 0 Å². The van der Waals surface area contributed by atoms with E-state index in [0.717, 1.165) is 16.7 Å². The number of benzene rings is 3. The van der Waals surface area contributed by atoms with Crippen LogP contribution in [0, 0.1) is 0 Å². The van der Waals surface area contributed by atoms with Crippen LogP contribution >= 0.6 is 0 Å². The Kier molecular flexibility index (Phi) is 14.1. The molecule has 8 nitrogen and oxygen atoms in total. The van der Waals surface area contributed by atoms with Crippen molar-refractivity contribution in [3.63, 3.8) is 0 Å². The van der Waals surface area contributed by atoms with E-state index in [2.05, 4.69) is 25.1 Å². The summed E-state index contributed by atoms with van der Waals surface area (Å²) in [5.41, 5.74) is 2.82. The minimum atomic E-state index is -0.750. The SMILES string of the molecule is C=CCO[C@@H]1[C@@H](OCc2ccccc2)[C@@H](OCc2ccccc2)[C@@H](OCC=C)[C@H](NC(=O)OCc2ccccc2)[C@H]1OCC=C. The summed E-state index contributed by atoms with van der Waals surface area (Å²) < 4.78 is 37.9. The lowest BCUT2D eigenvalue weighted by atomic mass is 9.82. The first-order chi connectivity index (χ1) is 22.1. The van der Waals surface area contributed by atoms with Crippen molar-refractivity contribution < 1.29 is 33.2 Å². The molecule has 0 aliphatic heterocycles. The van der Waals surface area contributed by atoms with Crippen LogP contribution in [0.3, 0.4) is 0 Å². The molecule has 1 N–H and O–H groups in total. The van der Waals surface area contributed by atoms with E-state index in [0.29, 0.717) is 6.61 Å². The molecule has 0 unspecified atom stereocenters. The first kappa shape index (κ1) is 33.8. The highest BCUT2D eigenvalue weighted by molar-refractivity contribution is 5.68. The molecule has 1 aliphatic carbocycles. The second-order valence-corrected chi connectivity index (χ2v) is 10.5. The van der Waals surface area contributed by atoms with Gasteiger partial charge in [-0.25, -0.2) is 4.79 Å². The molecule has 0 bridgehead atoms. The number of rotatable bonds is 18. The van der Waals surface area contributed by atoms with E-state index in [1.807, 2.05) is 91.0 Å². The van der Waals surface area contributed by atoms with Crippen LogP contribution in [0.15, 0.2) is 129 Å². The van der Waals surface area contributed by atoms with Gasteiger partial charge in [0.1, 0.15) is 37.1 Å². The van der Waals surface area contributed by atoms with Crippen molar-refractivity contribution in [1.82, 2.24) is 5.32 Å². The standard InChI is InChI=1S/C37H43NO7/c1-4-22-40-32-31(38-37(39)45-27-30-20-14-9-15-21-30)33(41-23-5-2)35(43-25-28-16-10-7-11-17-28)36(34(32)42-24-6-3)44-26-29-18-12-8-13-19-29/h4-21,31-36H,1-3,22-27H2,(H,38,39)/t31-,32-,33+,34+,35+,36-/m1/s1. The number of hydrogen-bond acceptors (Lipinski definition) is 7. The van der Waals surface area contributed by atoms with Crippen molar-refractivity contribution in [2.75, 3.05) is 19.8 Å². The fourth-order valence-corrected chi connectivity index (χ4v) is 5.26. The summed E-state index contributed by atoms with van der Waals surface area (Å²) in [6.07, 6.45) is 0.853. The van der Waals surface area contributed by atoms with Crippen LogP contribution in [-0.4, -0.2) is 62.5 Å². The number of hydrogen-bond donors (Lipinski definition) is 1. The predicted octanol–water partition coefficient (Wildman–Crippen LogP) is 6.18. The van der Waals surface area contributed by atoms with E-state index in [1.54, 1.807) is 18.2 Å². The minimum absolute atomic E-state index is 0.100. The Hall–Kier alpha value is -4.05. The summed E-state index contributed by atoms with van der Waals surface area (Å²) in [7, 11) is 0. The van der Waals surface area contributed by atoms with Gasteiger partial charge in [-0.3, -0.25) is 0 Å².